The van der Waals surface area contributed by atoms with Crippen molar-refractivity contribution in [1.29, 1.82) is 0 Å². The molecule has 8 nitrogen and oxygen atoms in total. The number of carbonyl (C=O) groups is 1. The number of aromatic nitrogens is 1. The van der Waals surface area contributed by atoms with Crippen LogP contribution in [0.2, 0.25) is 0 Å². The van der Waals surface area contributed by atoms with Crippen LogP contribution in [0, 0.1) is 5.82 Å². The zero-order chi connectivity index (χ0) is 21.7. The number of ether oxygens (including phenoxy) is 1. The molecule has 0 spiro atoms. The van der Waals surface area contributed by atoms with E-state index in [0.717, 1.165) is 17.7 Å². The number of anilines is 2. The molecule has 0 saturated carbocycles. The molecule has 0 radical (unpaired) electrons. The second kappa shape index (κ2) is 8.78. The van der Waals surface area contributed by atoms with Crippen molar-refractivity contribution in [1.82, 2.24) is 4.98 Å². The number of hydrogen-bond acceptors (Lipinski definition) is 5. The molecule has 0 unspecified atom stereocenters. The molecule has 1 aromatic heterocycles. The standard InChI is InChI=1S/C20H19FN4O4S/c1-29-19-11-15(21)4-9-18(19)24-30(27,28)17-7-5-16(6-8-17)25(20(22)26)13-14-3-2-10-23-12-14/h2-12,24H,13H2,1H3,(H2,22,26). The van der Waals surface area contributed by atoms with Gasteiger partial charge in [0.05, 0.1) is 24.2 Å². The molecule has 30 heavy (non-hydrogen) atoms. The van der Waals surface area contributed by atoms with Crippen molar-refractivity contribution >= 4 is 27.4 Å². The van der Waals surface area contributed by atoms with Gasteiger partial charge in [-0.2, -0.15) is 0 Å². The molecule has 0 aliphatic heterocycles. The van der Waals surface area contributed by atoms with E-state index in [1.807, 2.05) is 0 Å². The van der Waals surface area contributed by atoms with Crippen LogP contribution in [-0.4, -0.2) is 26.5 Å². The number of nitrogens with two attached hydrogens (primary N) is 1. The van der Waals surface area contributed by atoms with Crippen LogP contribution in [0.25, 0.3) is 0 Å². The fraction of sp³-hybridized carbons (Fsp3) is 0.100. The highest BCUT2D eigenvalue weighted by atomic mass is 32.2. The van der Waals surface area contributed by atoms with Crippen LogP contribution in [0.1, 0.15) is 5.56 Å². The Balaban J connectivity index is 1.83. The van der Waals surface area contributed by atoms with Crippen molar-refractivity contribution in [2.45, 2.75) is 11.4 Å². The Bertz CT molecular complexity index is 1140. The quantitative estimate of drug-likeness (QED) is 0.598. The van der Waals surface area contributed by atoms with Crippen LogP contribution in [-0.2, 0) is 16.6 Å². The number of benzene rings is 2. The van der Waals surface area contributed by atoms with Gasteiger partial charge >= 0.3 is 6.03 Å². The Hall–Kier alpha value is -3.66. The highest BCUT2D eigenvalue weighted by Crippen LogP contribution is 2.28. The first-order valence-corrected chi connectivity index (χ1v) is 10.2. The van der Waals surface area contributed by atoms with Gasteiger partial charge in [-0.1, -0.05) is 6.07 Å². The molecule has 156 valence electrons. The topological polar surface area (TPSA) is 115 Å². The maximum absolute atomic E-state index is 13.3. The maximum Gasteiger partial charge on any atom is 0.319 e. The SMILES string of the molecule is COc1cc(F)ccc1NS(=O)(=O)c1ccc(N(Cc2cccnc2)C(N)=O)cc1. The summed E-state index contributed by atoms with van der Waals surface area (Å²) in [5.74, 6) is -0.508. The van der Waals surface area contributed by atoms with E-state index in [-0.39, 0.29) is 22.9 Å². The van der Waals surface area contributed by atoms with Crippen molar-refractivity contribution < 1.29 is 22.3 Å². The number of carbonyl (C=O) groups excluding carboxylic acids is 1. The molecular weight excluding hydrogens is 411 g/mol. The molecule has 10 heteroatoms. The summed E-state index contributed by atoms with van der Waals surface area (Å²) in [5, 5.41) is 0. The van der Waals surface area contributed by atoms with Gasteiger partial charge < -0.3 is 10.5 Å². The second-order valence-electron chi connectivity index (χ2n) is 6.23. The summed E-state index contributed by atoms with van der Waals surface area (Å²) >= 11 is 0. The van der Waals surface area contributed by atoms with Crippen molar-refractivity contribution in [3.8, 4) is 5.75 Å². The number of sulfonamides is 1. The Morgan fingerprint density at radius 2 is 1.93 bits per heavy atom. The zero-order valence-corrected chi connectivity index (χ0v) is 16.8. The average molecular weight is 430 g/mol. The minimum absolute atomic E-state index is 0.0477. The molecular formula is C20H19FN4O4S. The Morgan fingerprint density at radius 3 is 2.53 bits per heavy atom. The van der Waals surface area contributed by atoms with E-state index in [1.165, 1.54) is 42.3 Å². The number of amides is 2. The molecule has 0 aliphatic carbocycles. The molecule has 1 heterocycles. The number of pyridine rings is 1. The van der Waals surface area contributed by atoms with Crippen LogP contribution in [0.5, 0.6) is 5.75 Å². The van der Waals surface area contributed by atoms with Crippen LogP contribution in [0.4, 0.5) is 20.6 Å². The molecule has 0 bridgehead atoms. The van der Waals surface area contributed by atoms with Crippen molar-refractivity contribution in [2.24, 2.45) is 5.73 Å². The normalized spacial score (nSPS) is 11.0. The van der Waals surface area contributed by atoms with Crippen molar-refractivity contribution in [2.75, 3.05) is 16.7 Å². The van der Waals surface area contributed by atoms with E-state index in [9.17, 15) is 17.6 Å². The summed E-state index contributed by atoms with van der Waals surface area (Å²) < 4.78 is 46.1. The van der Waals surface area contributed by atoms with Crippen molar-refractivity contribution in [3.63, 3.8) is 0 Å². The molecule has 2 aromatic carbocycles. The first kappa shape index (κ1) is 21.1. The fourth-order valence-electron chi connectivity index (χ4n) is 2.73. The van der Waals surface area contributed by atoms with Crippen LogP contribution >= 0.6 is 0 Å². The number of nitrogens with one attached hydrogen (secondary N) is 1. The summed E-state index contributed by atoms with van der Waals surface area (Å²) in [7, 11) is -2.67. The lowest BCUT2D eigenvalue weighted by atomic mass is 10.2. The monoisotopic (exact) mass is 430 g/mol. The van der Waals surface area contributed by atoms with E-state index in [0.29, 0.717) is 5.69 Å². The molecule has 2 amide bonds. The molecule has 3 rings (SSSR count). The van der Waals surface area contributed by atoms with Gasteiger partial charge in [-0.15, -0.1) is 0 Å². The smallest absolute Gasteiger partial charge is 0.319 e. The van der Waals surface area contributed by atoms with Crippen LogP contribution in [0.15, 0.2) is 71.9 Å². The largest absolute Gasteiger partial charge is 0.494 e. The number of primary amides is 1. The van der Waals surface area contributed by atoms with Crippen molar-refractivity contribution in [3.05, 3.63) is 78.4 Å². The van der Waals surface area contributed by atoms with Crippen LogP contribution < -0.4 is 20.1 Å². The molecule has 3 N–H and O–H groups in total. The van der Waals surface area contributed by atoms with E-state index in [2.05, 4.69) is 9.71 Å². The average Bonchev–Trinajstić information content (AvgIpc) is 2.74. The minimum Gasteiger partial charge on any atom is -0.494 e. The lowest BCUT2D eigenvalue weighted by molar-refractivity contribution is 0.253. The molecule has 0 atom stereocenters. The van der Waals surface area contributed by atoms with Gasteiger partial charge in [-0.25, -0.2) is 17.6 Å². The predicted molar refractivity (Wildman–Crippen MR) is 110 cm³/mol. The summed E-state index contributed by atoms with van der Waals surface area (Å²) in [4.78, 5) is 17.1. The number of rotatable bonds is 7. The Labute approximate surface area is 173 Å². The van der Waals surface area contributed by atoms with Gasteiger partial charge in [0.1, 0.15) is 11.6 Å². The molecule has 0 fully saturated rings. The third kappa shape index (κ3) is 4.84. The predicted octanol–water partition coefficient (Wildman–Crippen LogP) is 3.12. The minimum atomic E-state index is -3.98. The highest BCUT2D eigenvalue weighted by molar-refractivity contribution is 7.92. The molecule has 0 aliphatic rings. The third-order valence-electron chi connectivity index (χ3n) is 4.20. The number of nitrogens with zero attached hydrogens (tertiary/aromatic N) is 2. The first-order valence-electron chi connectivity index (χ1n) is 8.72. The zero-order valence-electron chi connectivity index (χ0n) is 15.9. The Morgan fingerprint density at radius 1 is 1.20 bits per heavy atom. The number of urea groups is 1. The summed E-state index contributed by atoms with van der Waals surface area (Å²) in [6.45, 7) is 0.181. The summed E-state index contributed by atoms with van der Waals surface area (Å²) in [6, 6.07) is 11.9. The molecule has 0 saturated heterocycles. The third-order valence-corrected chi connectivity index (χ3v) is 5.58. The Kier molecular flexibility index (Phi) is 6.17. The van der Waals surface area contributed by atoms with Gasteiger partial charge in [0.25, 0.3) is 10.0 Å². The van der Waals surface area contributed by atoms with Gasteiger partial charge in [0.15, 0.2) is 0 Å². The van der Waals surface area contributed by atoms with E-state index in [4.69, 9.17) is 10.5 Å². The first-order chi connectivity index (χ1) is 14.3. The van der Waals surface area contributed by atoms with E-state index >= 15 is 0 Å². The second-order valence-corrected chi connectivity index (χ2v) is 7.91. The maximum atomic E-state index is 13.3. The fourth-order valence-corrected chi connectivity index (χ4v) is 3.80. The van der Waals surface area contributed by atoms with E-state index < -0.39 is 21.9 Å². The van der Waals surface area contributed by atoms with Gasteiger partial charge in [0.2, 0.25) is 0 Å². The van der Waals surface area contributed by atoms with Crippen LogP contribution in [0.3, 0.4) is 0 Å². The van der Waals surface area contributed by atoms with E-state index in [1.54, 1.807) is 24.5 Å². The number of methoxy groups -OCH3 is 1. The lowest BCUT2D eigenvalue weighted by Crippen LogP contribution is -2.35. The van der Waals surface area contributed by atoms with Gasteiger partial charge in [-0.3, -0.25) is 14.6 Å². The van der Waals surface area contributed by atoms with Gasteiger partial charge in [-0.05, 0) is 48.0 Å². The van der Waals surface area contributed by atoms with Gasteiger partial charge in [0, 0.05) is 24.1 Å². The number of halogens is 1. The lowest BCUT2D eigenvalue weighted by Gasteiger charge is -2.21. The molecule has 3 aromatic rings. The summed E-state index contributed by atoms with van der Waals surface area (Å²) in [5.41, 5.74) is 6.76. The number of hydrogen-bond donors (Lipinski definition) is 2. The highest BCUT2D eigenvalue weighted by Gasteiger charge is 2.19. The summed E-state index contributed by atoms with van der Waals surface area (Å²) in [6.07, 6.45) is 3.22.